The van der Waals surface area contributed by atoms with Crippen molar-refractivity contribution in [2.45, 2.75) is 45.1 Å². The van der Waals surface area contributed by atoms with Crippen molar-refractivity contribution >= 4 is 17.2 Å². The Morgan fingerprint density at radius 3 is 2.77 bits per heavy atom. The highest BCUT2D eigenvalue weighted by atomic mass is 32.1. The van der Waals surface area contributed by atoms with Gasteiger partial charge >= 0.3 is 0 Å². The molecule has 35 heavy (non-hydrogen) atoms. The smallest absolute Gasteiger partial charge is 0.264 e. The summed E-state index contributed by atoms with van der Waals surface area (Å²) in [4.78, 5) is 32.7. The van der Waals surface area contributed by atoms with Gasteiger partial charge in [0.1, 0.15) is 10.7 Å². The first kappa shape index (κ1) is 23.2. The van der Waals surface area contributed by atoms with Gasteiger partial charge in [0.05, 0.1) is 6.04 Å². The molecule has 1 fully saturated rings. The largest absolute Gasteiger partial charge is 0.419 e. The fourth-order valence-electron chi connectivity index (χ4n) is 4.51. The monoisotopic (exact) mass is 489 g/mol. The predicted octanol–water partition coefficient (Wildman–Crippen LogP) is 4.52. The summed E-state index contributed by atoms with van der Waals surface area (Å²) < 4.78 is 7.41. The third kappa shape index (κ3) is 4.68. The van der Waals surface area contributed by atoms with Gasteiger partial charge in [0, 0.05) is 42.2 Å². The molecule has 1 amide bonds. The van der Waals surface area contributed by atoms with Gasteiger partial charge in [-0.1, -0.05) is 37.3 Å². The van der Waals surface area contributed by atoms with Gasteiger partial charge in [-0.2, -0.15) is 0 Å². The van der Waals surface area contributed by atoms with E-state index in [1.165, 1.54) is 16.2 Å². The van der Waals surface area contributed by atoms with Crippen molar-refractivity contribution < 1.29 is 9.21 Å². The molecule has 4 heterocycles. The Balaban J connectivity index is 1.42. The number of likely N-dealkylation sites (tertiary alicyclic amines) is 1. The van der Waals surface area contributed by atoms with Gasteiger partial charge < -0.3 is 13.9 Å². The number of thiazole rings is 1. The molecule has 1 aliphatic rings. The quantitative estimate of drug-likeness (QED) is 0.395. The molecule has 2 atom stereocenters. The molecule has 0 bridgehead atoms. The maximum atomic E-state index is 13.5. The SMILES string of the molecule is Cc1csc([C@H]2CCCN2C(=O)c2cc(-c3nnc([C@@H](C)Cc4ccccc4)o3)n(C)c(=O)c2)n1. The zero-order valence-corrected chi connectivity index (χ0v) is 20.8. The van der Waals surface area contributed by atoms with Crippen LogP contribution in [0.4, 0.5) is 0 Å². The van der Waals surface area contributed by atoms with E-state index in [1.807, 2.05) is 42.3 Å². The fourth-order valence-corrected chi connectivity index (χ4v) is 5.46. The van der Waals surface area contributed by atoms with Crippen molar-refractivity contribution in [3.63, 3.8) is 0 Å². The molecule has 0 N–H and O–H groups in total. The van der Waals surface area contributed by atoms with Gasteiger partial charge in [-0.05, 0) is 37.8 Å². The first-order valence-electron chi connectivity index (χ1n) is 11.7. The number of hydrogen-bond donors (Lipinski definition) is 0. The molecule has 0 unspecified atom stereocenters. The van der Waals surface area contributed by atoms with Crippen LogP contribution in [-0.2, 0) is 13.5 Å². The van der Waals surface area contributed by atoms with Crippen LogP contribution in [-0.4, -0.2) is 37.1 Å². The Bertz CT molecular complexity index is 1410. The maximum absolute atomic E-state index is 13.5. The lowest BCUT2D eigenvalue weighted by molar-refractivity contribution is 0.0735. The minimum Gasteiger partial charge on any atom is -0.419 e. The molecular weight excluding hydrogens is 462 g/mol. The van der Waals surface area contributed by atoms with Crippen LogP contribution >= 0.6 is 11.3 Å². The van der Waals surface area contributed by atoms with Crippen LogP contribution in [0.3, 0.4) is 0 Å². The molecule has 9 heteroatoms. The van der Waals surface area contributed by atoms with Gasteiger partial charge in [0.25, 0.3) is 17.4 Å². The van der Waals surface area contributed by atoms with Gasteiger partial charge in [-0.25, -0.2) is 4.98 Å². The number of rotatable bonds is 6. The Kier molecular flexibility index (Phi) is 6.34. The molecule has 0 saturated carbocycles. The molecule has 0 aliphatic carbocycles. The van der Waals surface area contributed by atoms with E-state index < -0.39 is 0 Å². The second-order valence-corrected chi connectivity index (χ2v) is 9.94. The van der Waals surface area contributed by atoms with Crippen molar-refractivity contribution in [1.29, 1.82) is 0 Å². The second-order valence-electron chi connectivity index (χ2n) is 9.05. The van der Waals surface area contributed by atoms with Crippen LogP contribution in [0, 0.1) is 6.92 Å². The molecule has 1 aromatic carbocycles. The fraction of sp³-hybridized carbons (Fsp3) is 0.346. The molecule has 8 nitrogen and oxygen atoms in total. The molecule has 3 aromatic heterocycles. The van der Waals surface area contributed by atoms with E-state index in [9.17, 15) is 9.59 Å². The predicted molar refractivity (Wildman–Crippen MR) is 133 cm³/mol. The normalized spacial score (nSPS) is 16.5. The van der Waals surface area contributed by atoms with E-state index in [1.54, 1.807) is 24.5 Å². The standard InChI is InChI=1S/C26H27N5O3S/c1-16(12-18-8-5-4-6-9-18)23-28-29-24(34-23)21-13-19(14-22(32)30(21)3)26(33)31-11-7-10-20(31)25-27-17(2)15-35-25/h4-6,8-9,13-16,20H,7,10-12H2,1-3H3/t16-,20+/m0/s1. The topological polar surface area (TPSA) is 94.1 Å². The molecule has 0 radical (unpaired) electrons. The summed E-state index contributed by atoms with van der Waals surface area (Å²) in [7, 11) is 1.64. The Morgan fingerprint density at radius 1 is 1.23 bits per heavy atom. The van der Waals surface area contributed by atoms with Crippen LogP contribution in [0.15, 0.2) is 57.1 Å². The Hall–Kier alpha value is -3.59. The third-order valence-corrected chi connectivity index (χ3v) is 7.48. The minimum absolute atomic E-state index is 0.00704. The van der Waals surface area contributed by atoms with Crippen molar-refractivity contribution in [2.24, 2.45) is 7.05 Å². The number of nitrogens with zero attached hydrogens (tertiary/aromatic N) is 5. The van der Waals surface area contributed by atoms with Crippen molar-refractivity contribution in [1.82, 2.24) is 24.6 Å². The average molecular weight is 490 g/mol. The summed E-state index contributed by atoms with van der Waals surface area (Å²) in [5, 5.41) is 11.4. The number of pyridine rings is 1. The van der Waals surface area contributed by atoms with Gasteiger partial charge in [0.2, 0.25) is 5.89 Å². The summed E-state index contributed by atoms with van der Waals surface area (Å²) in [5.41, 5.74) is 2.57. The third-order valence-electron chi connectivity index (χ3n) is 6.41. The number of hydrogen-bond acceptors (Lipinski definition) is 7. The summed E-state index contributed by atoms with van der Waals surface area (Å²) in [5.74, 6) is 0.540. The lowest BCUT2D eigenvalue weighted by Crippen LogP contribution is -2.32. The number of carbonyl (C=O) groups excluding carboxylic acids is 1. The van der Waals surface area contributed by atoms with Crippen LogP contribution in [0.1, 0.15) is 64.2 Å². The highest BCUT2D eigenvalue weighted by molar-refractivity contribution is 7.09. The first-order valence-corrected chi connectivity index (χ1v) is 12.6. The van der Waals surface area contributed by atoms with E-state index in [0.29, 0.717) is 23.7 Å². The van der Waals surface area contributed by atoms with Gasteiger partial charge in [-0.15, -0.1) is 21.5 Å². The van der Waals surface area contributed by atoms with Crippen LogP contribution in [0.2, 0.25) is 0 Å². The van der Waals surface area contributed by atoms with Crippen LogP contribution in [0.25, 0.3) is 11.6 Å². The van der Waals surface area contributed by atoms with Crippen LogP contribution < -0.4 is 5.56 Å². The Labute approximate surface area is 207 Å². The number of amides is 1. The number of carbonyl (C=O) groups is 1. The summed E-state index contributed by atoms with van der Waals surface area (Å²) >= 11 is 1.57. The second kappa shape index (κ2) is 9.58. The van der Waals surface area contributed by atoms with Gasteiger partial charge in [0.15, 0.2) is 0 Å². The average Bonchev–Trinajstić information content (AvgIpc) is 3.61. The lowest BCUT2D eigenvalue weighted by Gasteiger charge is -2.23. The van der Waals surface area contributed by atoms with Crippen molar-refractivity contribution in [2.75, 3.05) is 6.54 Å². The van der Waals surface area contributed by atoms with Crippen molar-refractivity contribution in [3.8, 4) is 11.6 Å². The lowest BCUT2D eigenvalue weighted by atomic mass is 10.0. The molecule has 1 saturated heterocycles. The summed E-state index contributed by atoms with van der Waals surface area (Å²) in [6.07, 6.45) is 2.52. The molecular formula is C26H27N5O3S. The van der Waals surface area contributed by atoms with E-state index in [-0.39, 0.29) is 29.3 Å². The van der Waals surface area contributed by atoms with E-state index in [4.69, 9.17) is 4.42 Å². The highest BCUT2D eigenvalue weighted by Gasteiger charge is 2.33. The van der Waals surface area contributed by atoms with Crippen LogP contribution in [0.5, 0.6) is 0 Å². The number of benzene rings is 1. The zero-order valence-electron chi connectivity index (χ0n) is 20.0. The molecule has 0 spiro atoms. The maximum Gasteiger partial charge on any atom is 0.264 e. The Morgan fingerprint density at radius 2 is 2.03 bits per heavy atom. The molecule has 5 rings (SSSR count). The van der Waals surface area contributed by atoms with E-state index >= 15 is 0 Å². The summed E-state index contributed by atoms with van der Waals surface area (Å²) in [6, 6.07) is 13.1. The minimum atomic E-state index is -0.302. The van der Waals surface area contributed by atoms with Gasteiger partial charge in [-0.3, -0.25) is 9.59 Å². The zero-order chi connectivity index (χ0) is 24.5. The molecule has 1 aliphatic heterocycles. The molecule has 180 valence electrons. The van der Waals surface area contributed by atoms with E-state index in [2.05, 4.69) is 27.3 Å². The molecule has 4 aromatic rings. The van der Waals surface area contributed by atoms with E-state index in [0.717, 1.165) is 30.0 Å². The van der Waals surface area contributed by atoms with Crippen molar-refractivity contribution in [3.05, 3.63) is 85.9 Å². The summed E-state index contributed by atoms with van der Waals surface area (Å²) in [6.45, 7) is 4.61. The first-order chi connectivity index (χ1) is 16.9. The number of aryl methyl sites for hydroxylation is 1. The highest BCUT2D eigenvalue weighted by Crippen LogP contribution is 2.35. The number of aromatic nitrogens is 4.